The number of hydrogen-bond donors (Lipinski definition) is 0. The average Bonchev–Trinajstić information content (AvgIpc) is 3.31. The summed E-state index contributed by atoms with van der Waals surface area (Å²) in [5.74, 6) is 1.35. The molecule has 0 aliphatic heterocycles. The van der Waals surface area contributed by atoms with Crippen molar-refractivity contribution in [3.8, 4) is 22.8 Å². The molecule has 0 bridgehead atoms. The van der Waals surface area contributed by atoms with E-state index in [9.17, 15) is 13.2 Å². The minimum absolute atomic E-state index is 0.281. The summed E-state index contributed by atoms with van der Waals surface area (Å²) in [6, 6.07) is 9.26. The van der Waals surface area contributed by atoms with E-state index in [0.717, 1.165) is 18.7 Å². The number of halogens is 3. The largest absolute Gasteiger partial charge is 0.573 e. The summed E-state index contributed by atoms with van der Waals surface area (Å²) in [5.41, 5.74) is 1.70. The molecule has 3 aromatic rings. The summed E-state index contributed by atoms with van der Waals surface area (Å²) in [4.78, 5) is 4.53. The van der Waals surface area contributed by atoms with Crippen LogP contribution in [0, 0.1) is 0 Å². The van der Waals surface area contributed by atoms with E-state index < -0.39 is 6.36 Å². The molecule has 5 nitrogen and oxygen atoms in total. The summed E-state index contributed by atoms with van der Waals surface area (Å²) in [7, 11) is 1.54. The van der Waals surface area contributed by atoms with E-state index in [0.29, 0.717) is 28.6 Å². The van der Waals surface area contributed by atoms with Crippen LogP contribution in [0.15, 0.2) is 36.4 Å². The molecule has 1 aromatic carbocycles. The maximum absolute atomic E-state index is 12.5. The van der Waals surface area contributed by atoms with Crippen molar-refractivity contribution >= 4 is 5.65 Å². The molecule has 0 atom stereocenters. The summed E-state index contributed by atoms with van der Waals surface area (Å²) in [5, 5.41) is 4.53. The van der Waals surface area contributed by atoms with Crippen LogP contribution < -0.4 is 9.47 Å². The molecule has 1 saturated carbocycles. The fourth-order valence-electron chi connectivity index (χ4n) is 2.70. The number of alkyl halides is 3. The second-order valence-corrected chi connectivity index (χ2v) is 5.84. The molecule has 1 fully saturated rings. The van der Waals surface area contributed by atoms with Gasteiger partial charge < -0.3 is 9.47 Å². The first-order chi connectivity index (χ1) is 11.9. The van der Waals surface area contributed by atoms with Gasteiger partial charge in [0.15, 0.2) is 17.2 Å². The predicted octanol–water partition coefficient (Wildman–Crippen LogP) is 4.18. The van der Waals surface area contributed by atoms with Crippen LogP contribution in [0.5, 0.6) is 11.5 Å². The highest BCUT2D eigenvalue weighted by Gasteiger charge is 2.31. The Morgan fingerprint density at radius 2 is 1.96 bits per heavy atom. The number of pyridine rings is 1. The Bertz CT molecular complexity index is 933. The fourth-order valence-corrected chi connectivity index (χ4v) is 2.70. The molecular weight excluding hydrogens is 335 g/mol. The molecule has 0 spiro atoms. The first-order valence-electron chi connectivity index (χ1n) is 7.74. The molecule has 0 amide bonds. The lowest BCUT2D eigenvalue weighted by Gasteiger charge is -2.11. The number of hydrogen-bond acceptors (Lipinski definition) is 4. The summed E-state index contributed by atoms with van der Waals surface area (Å²) in [6.07, 6.45) is -2.65. The molecule has 0 unspecified atom stereocenters. The van der Waals surface area contributed by atoms with Crippen molar-refractivity contribution in [2.75, 3.05) is 7.11 Å². The van der Waals surface area contributed by atoms with Gasteiger partial charge in [-0.1, -0.05) is 12.1 Å². The normalized spacial score (nSPS) is 14.7. The van der Waals surface area contributed by atoms with Crippen LogP contribution >= 0.6 is 0 Å². The quantitative estimate of drug-likeness (QED) is 0.709. The van der Waals surface area contributed by atoms with Gasteiger partial charge in [0.2, 0.25) is 0 Å². The van der Waals surface area contributed by atoms with E-state index in [-0.39, 0.29) is 5.75 Å². The smallest absolute Gasteiger partial charge is 0.493 e. The zero-order chi connectivity index (χ0) is 17.6. The molecule has 1 aliphatic carbocycles. The Hall–Kier alpha value is -2.77. The lowest BCUT2D eigenvalue weighted by Crippen LogP contribution is -2.17. The Balaban J connectivity index is 1.82. The Morgan fingerprint density at radius 3 is 2.64 bits per heavy atom. The van der Waals surface area contributed by atoms with Gasteiger partial charge in [0.25, 0.3) is 0 Å². The van der Waals surface area contributed by atoms with Gasteiger partial charge in [-0.25, -0.2) is 9.50 Å². The summed E-state index contributed by atoms with van der Waals surface area (Å²) < 4.78 is 48.3. The van der Waals surface area contributed by atoms with Gasteiger partial charge in [-0.3, -0.25) is 0 Å². The molecule has 2 aromatic heterocycles. The van der Waals surface area contributed by atoms with Crippen molar-refractivity contribution in [3.63, 3.8) is 0 Å². The lowest BCUT2D eigenvalue weighted by molar-refractivity contribution is -0.274. The predicted molar refractivity (Wildman–Crippen MR) is 83.6 cm³/mol. The second kappa shape index (κ2) is 5.65. The lowest BCUT2D eigenvalue weighted by atomic mass is 10.1. The van der Waals surface area contributed by atoms with Crippen molar-refractivity contribution < 1.29 is 22.6 Å². The molecule has 1 aliphatic rings. The number of aromatic nitrogens is 3. The molecular formula is C17H14F3N3O2. The zero-order valence-corrected chi connectivity index (χ0v) is 13.2. The molecule has 2 heterocycles. The van der Waals surface area contributed by atoms with Crippen molar-refractivity contribution in [1.82, 2.24) is 14.6 Å². The van der Waals surface area contributed by atoms with Gasteiger partial charge in [-0.15, -0.1) is 13.2 Å². The van der Waals surface area contributed by atoms with Gasteiger partial charge in [0.1, 0.15) is 5.75 Å². The minimum atomic E-state index is -4.74. The van der Waals surface area contributed by atoms with Crippen molar-refractivity contribution in [1.29, 1.82) is 0 Å². The monoisotopic (exact) mass is 349 g/mol. The van der Waals surface area contributed by atoms with Gasteiger partial charge >= 0.3 is 6.36 Å². The highest BCUT2D eigenvalue weighted by Crippen LogP contribution is 2.39. The van der Waals surface area contributed by atoms with Gasteiger partial charge in [0, 0.05) is 11.5 Å². The Morgan fingerprint density at radius 1 is 1.16 bits per heavy atom. The van der Waals surface area contributed by atoms with E-state index in [2.05, 4.69) is 14.8 Å². The number of ether oxygens (including phenoxy) is 2. The van der Waals surface area contributed by atoms with Crippen LogP contribution in [0.25, 0.3) is 16.9 Å². The second-order valence-electron chi connectivity index (χ2n) is 5.84. The highest BCUT2D eigenvalue weighted by molar-refractivity contribution is 5.68. The number of fused-ring (bicyclic) bond motifs is 1. The molecule has 130 valence electrons. The number of rotatable bonds is 4. The summed E-state index contributed by atoms with van der Waals surface area (Å²) >= 11 is 0. The SMILES string of the molecule is COc1ccc(-c2cccc(OC(F)(F)F)c2)n2nc(C3CC3)nc12. The maximum Gasteiger partial charge on any atom is 0.573 e. The number of benzene rings is 1. The van der Waals surface area contributed by atoms with Gasteiger partial charge in [-0.05, 0) is 37.1 Å². The zero-order valence-electron chi connectivity index (χ0n) is 13.2. The fraction of sp³-hybridized carbons (Fsp3) is 0.294. The topological polar surface area (TPSA) is 48.7 Å². The Labute approximate surface area is 141 Å². The van der Waals surface area contributed by atoms with Crippen LogP contribution in [0.3, 0.4) is 0 Å². The van der Waals surface area contributed by atoms with Crippen LogP contribution in [0.1, 0.15) is 24.6 Å². The summed E-state index contributed by atoms with van der Waals surface area (Å²) in [6.45, 7) is 0. The van der Waals surface area contributed by atoms with Crippen LogP contribution in [-0.4, -0.2) is 28.1 Å². The first kappa shape index (κ1) is 15.7. The van der Waals surface area contributed by atoms with Crippen LogP contribution in [0.4, 0.5) is 13.2 Å². The number of methoxy groups -OCH3 is 1. The number of nitrogens with zero attached hydrogens (tertiary/aromatic N) is 3. The van der Waals surface area contributed by atoms with E-state index in [1.54, 1.807) is 22.7 Å². The first-order valence-corrected chi connectivity index (χ1v) is 7.74. The standard InChI is InChI=1S/C17H14F3N3O2/c1-24-14-8-7-13(23-16(14)21-15(22-23)10-5-6-10)11-3-2-4-12(9-11)25-17(18,19)20/h2-4,7-10H,5-6H2,1H3. The van der Waals surface area contributed by atoms with Crippen molar-refractivity contribution in [2.24, 2.45) is 0 Å². The van der Waals surface area contributed by atoms with Crippen molar-refractivity contribution in [2.45, 2.75) is 25.1 Å². The molecule has 0 radical (unpaired) electrons. The van der Waals surface area contributed by atoms with Gasteiger partial charge in [-0.2, -0.15) is 5.10 Å². The molecule has 8 heteroatoms. The Kier molecular flexibility index (Phi) is 3.55. The third-order valence-corrected chi connectivity index (χ3v) is 3.99. The van der Waals surface area contributed by atoms with Crippen LogP contribution in [-0.2, 0) is 0 Å². The third-order valence-electron chi connectivity index (χ3n) is 3.99. The molecule has 25 heavy (non-hydrogen) atoms. The minimum Gasteiger partial charge on any atom is -0.493 e. The van der Waals surface area contributed by atoms with E-state index >= 15 is 0 Å². The van der Waals surface area contributed by atoms with Gasteiger partial charge in [0.05, 0.1) is 12.8 Å². The van der Waals surface area contributed by atoms with E-state index in [1.165, 1.54) is 25.3 Å². The molecule has 0 N–H and O–H groups in total. The molecule has 4 rings (SSSR count). The van der Waals surface area contributed by atoms with E-state index in [1.807, 2.05) is 0 Å². The highest BCUT2D eigenvalue weighted by atomic mass is 19.4. The van der Waals surface area contributed by atoms with E-state index in [4.69, 9.17) is 4.74 Å². The third kappa shape index (κ3) is 3.11. The average molecular weight is 349 g/mol. The van der Waals surface area contributed by atoms with Crippen molar-refractivity contribution in [3.05, 3.63) is 42.2 Å². The maximum atomic E-state index is 12.5. The van der Waals surface area contributed by atoms with Crippen LogP contribution in [0.2, 0.25) is 0 Å². The molecule has 0 saturated heterocycles.